The minimum Gasteiger partial charge on any atom is -0.492 e. The van der Waals surface area contributed by atoms with Gasteiger partial charge in [0.15, 0.2) is 0 Å². The van der Waals surface area contributed by atoms with Gasteiger partial charge in [0, 0.05) is 24.6 Å². The van der Waals surface area contributed by atoms with Crippen LogP contribution in [0.25, 0.3) is 0 Å². The monoisotopic (exact) mass is 322 g/mol. The highest BCUT2D eigenvalue weighted by atomic mass is 79.9. The average Bonchev–Trinajstić information content (AvgIpc) is 2.32. The Labute approximate surface area is 115 Å². The van der Waals surface area contributed by atoms with Crippen LogP contribution in [-0.4, -0.2) is 33.5 Å². The van der Waals surface area contributed by atoms with Crippen LogP contribution in [0.5, 0.6) is 5.75 Å². The zero-order valence-electron chi connectivity index (χ0n) is 9.75. The molecule has 0 spiro atoms. The van der Waals surface area contributed by atoms with Crippen LogP contribution in [0.15, 0.2) is 22.7 Å². The van der Waals surface area contributed by atoms with Crippen molar-refractivity contribution in [1.29, 1.82) is 0 Å². The highest BCUT2D eigenvalue weighted by Gasteiger charge is 2.01. The van der Waals surface area contributed by atoms with E-state index in [2.05, 4.69) is 15.9 Å². The second-order valence-electron chi connectivity index (χ2n) is 3.38. The zero-order chi connectivity index (χ0) is 12.5. The molecule has 1 aromatic rings. The first-order valence-electron chi connectivity index (χ1n) is 5.38. The van der Waals surface area contributed by atoms with Crippen LogP contribution in [0.2, 0.25) is 5.02 Å². The molecule has 0 aliphatic heterocycles. The fourth-order valence-electron chi connectivity index (χ4n) is 1.18. The SMILES string of the molecule is COCCOCCCOc1cc(Br)ccc1Cl. The molecule has 0 radical (unpaired) electrons. The molecule has 0 aliphatic carbocycles. The van der Waals surface area contributed by atoms with E-state index in [0.717, 1.165) is 10.9 Å². The number of benzene rings is 1. The third-order valence-corrected chi connectivity index (χ3v) is 2.82. The molecule has 0 atom stereocenters. The second-order valence-corrected chi connectivity index (χ2v) is 4.70. The summed E-state index contributed by atoms with van der Waals surface area (Å²) in [5, 5.41) is 0.619. The molecule has 1 aromatic carbocycles. The van der Waals surface area contributed by atoms with Gasteiger partial charge >= 0.3 is 0 Å². The van der Waals surface area contributed by atoms with Gasteiger partial charge in [-0.25, -0.2) is 0 Å². The molecule has 0 unspecified atom stereocenters. The third-order valence-electron chi connectivity index (χ3n) is 2.02. The summed E-state index contributed by atoms with van der Waals surface area (Å²) >= 11 is 9.35. The van der Waals surface area contributed by atoms with Crippen LogP contribution in [0.4, 0.5) is 0 Å². The van der Waals surface area contributed by atoms with Gasteiger partial charge in [0.1, 0.15) is 5.75 Å². The lowest BCUT2D eigenvalue weighted by Gasteiger charge is -2.08. The summed E-state index contributed by atoms with van der Waals surface area (Å²) < 4.78 is 16.7. The predicted octanol–water partition coefficient (Wildman–Crippen LogP) is 3.53. The van der Waals surface area contributed by atoms with Crippen molar-refractivity contribution >= 4 is 27.5 Å². The lowest BCUT2D eigenvalue weighted by atomic mass is 10.3. The van der Waals surface area contributed by atoms with Crippen molar-refractivity contribution in [3.8, 4) is 5.75 Å². The van der Waals surface area contributed by atoms with E-state index >= 15 is 0 Å². The van der Waals surface area contributed by atoms with Gasteiger partial charge in [0.05, 0.1) is 24.8 Å². The normalized spacial score (nSPS) is 10.5. The Morgan fingerprint density at radius 2 is 2.00 bits per heavy atom. The Balaban J connectivity index is 2.15. The molecule has 0 heterocycles. The number of hydrogen-bond acceptors (Lipinski definition) is 3. The molecule has 0 saturated carbocycles. The van der Waals surface area contributed by atoms with E-state index in [9.17, 15) is 0 Å². The smallest absolute Gasteiger partial charge is 0.139 e. The Morgan fingerprint density at radius 3 is 2.76 bits per heavy atom. The van der Waals surface area contributed by atoms with Crippen molar-refractivity contribution < 1.29 is 14.2 Å². The molecule has 96 valence electrons. The fourth-order valence-corrected chi connectivity index (χ4v) is 1.69. The summed E-state index contributed by atoms with van der Waals surface area (Å²) in [6.45, 7) is 2.49. The molecule has 0 bridgehead atoms. The van der Waals surface area contributed by atoms with Gasteiger partial charge in [0.25, 0.3) is 0 Å². The molecule has 3 nitrogen and oxygen atoms in total. The molecule has 0 amide bonds. The molecule has 5 heteroatoms. The molecule has 0 saturated heterocycles. The summed E-state index contributed by atoms with van der Waals surface area (Å²) in [5.41, 5.74) is 0. The molecular weight excluding hydrogens is 307 g/mol. The first kappa shape index (κ1) is 14.8. The molecule has 17 heavy (non-hydrogen) atoms. The minimum absolute atomic E-state index is 0.586. The van der Waals surface area contributed by atoms with Crippen LogP contribution >= 0.6 is 27.5 Å². The number of rotatable bonds is 8. The topological polar surface area (TPSA) is 27.7 Å². The molecule has 0 fully saturated rings. The van der Waals surface area contributed by atoms with Gasteiger partial charge in [-0.05, 0) is 18.2 Å². The number of halogens is 2. The largest absolute Gasteiger partial charge is 0.492 e. The van der Waals surface area contributed by atoms with Gasteiger partial charge in [-0.1, -0.05) is 27.5 Å². The van der Waals surface area contributed by atoms with Crippen LogP contribution in [0.1, 0.15) is 6.42 Å². The molecule has 0 aliphatic rings. The number of methoxy groups -OCH3 is 1. The Kier molecular flexibility index (Phi) is 7.60. The van der Waals surface area contributed by atoms with E-state index < -0.39 is 0 Å². The lowest BCUT2D eigenvalue weighted by Crippen LogP contribution is -2.06. The Bertz CT molecular complexity index is 334. The van der Waals surface area contributed by atoms with Crippen LogP contribution in [-0.2, 0) is 9.47 Å². The van der Waals surface area contributed by atoms with E-state index in [0.29, 0.717) is 37.2 Å². The summed E-state index contributed by atoms with van der Waals surface area (Å²) in [6.07, 6.45) is 0.826. The van der Waals surface area contributed by atoms with Gasteiger partial charge < -0.3 is 14.2 Å². The Hall–Kier alpha value is -0.290. The van der Waals surface area contributed by atoms with Crippen molar-refractivity contribution in [2.75, 3.05) is 33.5 Å². The predicted molar refractivity (Wildman–Crippen MR) is 72.0 cm³/mol. The van der Waals surface area contributed by atoms with E-state index in [-0.39, 0.29) is 0 Å². The van der Waals surface area contributed by atoms with Crippen molar-refractivity contribution in [1.82, 2.24) is 0 Å². The van der Waals surface area contributed by atoms with Gasteiger partial charge in [-0.15, -0.1) is 0 Å². The summed E-state index contributed by atoms with van der Waals surface area (Å²) in [5.74, 6) is 0.693. The summed E-state index contributed by atoms with van der Waals surface area (Å²) in [6, 6.07) is 5.53. The maximum absolute atomic E-state index is 5.98. The summed E-state index contributed by atoms with van der Waals surface area (Å²) in [7, 11) is 1.65. The van der Waals surface area contributed by atoms with Crippen LogP contribution in [0, 0.1) is 0 Å². The third kappa shape index (κ3) is 6.27. The standard InChI is InChI=1S/C12H16BrClO3/c1-15-7-8-16-5-2-6-17-12-9-10(13)3-4-11(12)14/h3-4,9H,2,5-8H2,1H3. The first-order chi connectivity index (χ1) is 8.24. The van der Waals surface area contributed by atoms with Crippen molar-refractivity contribution in [3.05, 3.63) is 27.7 Å². The molecule has 0 aromatic heterocycles. The van der Waals surface area contributed by atoms with Crippen LogP contribution in [0.3, 0.4) is 0 Å². The van der Waals surface area contributed by atoms with Crippen molar-refractivity contribution in [3.63, 3.8) is 0 Å². The van der Waals surface area contributed by atoms with Crippen LogP contribution < -0.4 is 4.74 Å². The van der Waals surface area contributed by atoms with Crippen molar-refractivity contribution in [2.24, 2.45) is 0 Å². The molecule has 0 N–H and O–H groups in total. The maximum Gasteiger partial charge on any atom is 0.139 e. The number of hydrogen-bond donors (Lipinski definition) is 0. The summed E-state index contributed by atoms with van der Waals surface area (Å²) in [4.78, 5) is 0. The van der Waals surface area contributed by atoms with Crippen molar-refractivity contribution in [2.45, 2.75) is 6.42 Å². The molecule has 1 rings (SSSR count). The van der Waals surface area contributed by atoms with E-state index in [1.165, 1.54) is 0 Å². The Morgan fingerprint density at radius 1 is 1.18 bits per heavy atom. The minimum atomic E-state index is 0.586. The van der Waals surface area contributed by atoms with Gasteiger partial charge in [0.2, 0.25) is 0 Å². The van der Waals surface area contributed by atoms with Gasteiger partial charge in [-0.2, -0.15) is 0 Å². The highest BCUT2D eigenvalue weighted by molar-refractivity contribution is 9.10. The fraction of sp³-hybridized carbons (Fsp3) is 0.500. The average molecular weight is 324 g/mol. The van der Waals surface area contributed by atoms with Gasteiger partial charge in [-0.3, -0.25) is 0 Å². The quantitative estimate of drug-likeness (QED) is 0.685. The lowest BCUT2D eigenvalue weighted by molar-refractivity contribution is 0.0644. The van der Waals surface area contributed by atoms with E-state index in [4.69, 9.17) is 25.8 Å². The number of ether oxygens (including phenoxy) is 3. The highest BCUT2D eigenvalue weighted by Crippen LogP contribution is 2.27. The zero-order valence-corrected chi connectivity index (χ0v) is 12.1. The first-order valence-corrected chi connectivity index (χ1v) is 6.55. The van der Waals surface area contributed by atoms with E-state index in [1.807, 2.05) is 12.1 Å². The second kappa shape index (κ2) is 8.75. The molecular formula is C12H16BrClO3. The maximum atomic E-state index is 5.98. The van der Waals surface area contributed by atoms with E-state index in [1.54, 1.807) is 13.2 Å².